The number of benzene rings is 3. The van der Waals surface area contributed by atoms with Crippen LogP contribution in [-0.2, 0) is 21.4 Å². The molecule has 0 saturated heterocycles. The quantitative estimate of drug-likeness (QED) is 0.517. The largest absolute Gasteiger partial charge is 0.462 e. The highest BCUT2D eigenvalue weighted by Crippen LogP contribution is 2.33. The second-order valence-corrected chi connectivity index (χ2v) is 7.10. The minimum atomic E-state index is -0.830. The van der Waals surface area contributed by atoms with Crippen molar-refractivity contribution in [3.05, 3.63) is 108 Å². The molecular weight excluding hydrogens is 332 g/mol. The van der Waals surface area contributed by atoms with Crippen LogP contribution in [0.4, 0.5) is 0 Å². The van der Waals surface area contributed by atoms with E-state index in [2.05, 4.69) is 12.1 Å². The van der Waals surface area contributed by atoms with Crippen molar-refractivity contribution in [2.45, 2.75) is 38.2 Å². The lowest BCUT2D eigenvalue weighted by Gasteiger charge is -2.30. The first-order chi connectivity index (χ1) is 13.1. The number of rotatable bonds is 7. The molecule has 2 heteroatoms. The third-order valence-corrected chi connectivity index (χ3v) is 5.10. The van der Waals surface area contributed by atoms with Crippen molar-refractivity contribution in [3.63, 3.8) is 0 Å². The molecule has 0 aliphatic rings. The summed E-state index contributed by atoms with van der Waals surface area (Å²) in [6.45, 7) is 3.92. The monoisotopic (exact) mass is 358 g/mol. The second kappa shape index (κ2) is 8.68. The topological polar surface area (TPSA) is 26.3 Å². The van der Waals surface area contributed by atoms with Gasteiger partial charge >= 0.3 is 5.97 Å². The Morgan fingerprint density at radius 1 is 0.815 bits per heavy atom. The molecule has 0 aliphatic heterocycles. The molecule has 0 aromatic heterocycles. The summed E-state index contributed by atoms with van der Waals surface area (Å²) in [7, 11) is 0. The van der Waals surface area contributed by atoms with Gasteiger partial charge in [-0.05, 0) is 43.4 Å². The highest BCUT2D eigenvalue weighted by Gasteiger charge is 2.39. The van der Waals surface area contributed by atoms with Crippen molar-refractivity contribution in [2.75, 3.05) is 0 Å². The first-order valence-electron chi connectivity index (χ1n) is 9.47. The van der Waals surface area contributed by atoms with Gasteiger partial charge in [0.1, 0.15) is 5.41 Å². The molecule has 3 rings (SSSR count). The molecule has 2 nitrogen and oxygen atoms in total. The van der Waals surface area contributed by atoms with Crippen LogP contribution in [0.3, 0.4) is 0 Å². The van der Waals surface area contributed by atoms with Crippen molar-refractivity contribution < 1.29 is 9.53 Å². The Hall–Kier alpha value is -2.87. The molecule has 3 aromatic carbocycles. The number of esters is 1. The van der Waals surface area contributed by atoms with Gasteiger partial charge in [0.2, 0.25) is 0 Å². The summed E-state index contributed by atoms with van der Waals surface area (Å²) >= 11 is 0. The second-order valence-electron chi connectivity index (χ2n) is 7.10. The Labute approximate surface area is 161 Å². The molecule has 27 heavy (non-hydrogen) atoms. The lowest BCUT2D eigenvalue weighted by molar-refractivity contribution is -0.153. The maximum Gasteiger partial charge on any atom is 0.321 e. The Kier molecular flexibility index (Phi) is 6.08. The molecule has 0 aliphatic carbocycles. The van der Waals surface area contributed by atoms with Gasteiger partial charge in [-0.2, -0.15) is 0 Å². The van der Waals surface area contributed by atoms with Crippen LogP contribution >= 0.6 is 0 Å². The molecule has 0 heterocycles. The highest BCUT2D eigenvalue weighted by molar-refractivity contribution is 5.87. The van der Waals surface area contributed by atoms with Crippen LogP contribution < -0.4 is 0 Å². The fraction of sp³-hybridized carbons (Fsp3) is 0.240. The maximum absolute atomic E-state index is 13.3. The van der Waals surface area contributed by atoms with Crippen molar-refractivity contribution >= 4 is 5.97 Å². The number of hydrogen-bond acceptors (Lipinski definition) is 2. The van der Waals surface area contributed by atoms with Gasteiger partial charge in [-0.15, -0.1) is 0 Å². The fourth-order valence-corrected chi connectivity index (χ4v) is 3.32. The van der Waals surface area contributed by atoms with E-state index >= 15 is 0 Å². The molecule has 0 amide bonds. The molecule has 0 fully saturated rings. The normalized spacial score (nSPS) is 12.4. The summed E-state index contributed by atoms with van der Waals surface area (Å²) in [5, 5.41) is 0. The lowest BCUT2D eigenvalue weighted by Crippen LogP contribution is -2.37. The van der Waals surface area contributed by atoms with E-state index in [1.165, 1.54) is 5.56 Å². The van der Waals surface area contributed by atoms with Crippen molar-refractivity contribution in [1.82, 2.24) is 0 Å². The van der Waals surface area contributed by atoms with Crippen molar-refractivity contribution in [3.8, 4) is 0 Å². The van der Waals surface area contributed by atoms with Gasteiger partial charge in [0.25, 0.3) is 0 Å². The van der Waals surface area contributed by atoms with Crippen molar-refractivity contribution in [1.29, 1.82) is 0 Å². The summed E-state index contributed by atoms with van der Waals surface area (Å²) in [5.41, 5.74) is 2.31. The molecule has 0 saturated carbocycles. The van der Waals surface area contributed by atoms with Gasteiger partial charge in [-0.25, -0.2) is 0 Å². The van der Waals surface area contributed by atoms with E-state index in [-0.39, 0.29) is 12.1 Å². The van der Waals surface area contributed by atoms with Gasteiger partial charge < -0.3 is 4.74 Å². The Balaban J connectivity index is 1.77. The van der Waals surface area contributed by atoms with E-state index in [4.69, 9.17) is 4.74 Å². The standard InChI is InChI=1S/C25H26O2/c1-20(18-19-21-12-6-3-7-13-21)27-24(26)25(2,22-14-8-4-9-15-22)23-16-10-5-11-17-23/h3-17,20H,18-19H2,1-2H3. The smallest absolute Gasteiger partial charge is 0.321 e. The van der Waals surface area contributed by atoms with Crippen LogP contribution in [0.1, 0.15) is 37.0 Å². The predicted molar refractivity (Wildman–Crippen MR) is 110 cm³/mol. The Bertz CT molecular complexity index is 802. The maximum atomic E-state index is 13.3. The SMILES string of the molecule is CC(CCc1ccccc1)OC(=O)C(C)(c1ccccc1)c1ccccc1. The molecular formula is C25H26O2. The minimum Gasteiger partial charge on any atom is -0.462 e. The average molecular weight is 358 g/mol. The zero-order chi connectivity index (χ0) is 19.1. The van der Waals surface area contributed by atoms with E-state index in [9.17, 15) is 4.79 Å². The third kappa shape index (κ3) is 4.46. The van der Waals surface area contributed by atoms with Gasteiger partial charge in [0.05, 0.1) is 6.10 Å². The number of aryl methyl sites for hydroxylation is 1. The zero-order valence-electron chi connectivity index (χ0n) is 16.0. The van der Waals surface area contributed by atoms with Crippen LogP contribution in [0.2, 0.25) is 0 Å². The number of carbonyl (C=O) groups excluding carboxylic acids is 1. The molecule has 1 atom stereocenters. The van der Waals surface area contributed by atoms with Gasteiger partial charge in [0, 0.05) is 0 Å². The lowest BCUT2D eigenvalue weighted by atomic mass is 9.76. The molecule has 0 spiro atoms. The summed E-state index contributed by atoms with van der Waals surface area (Å²) < 4.78 is 5.91. The third-order valence-electron chi connectivity index (χ3n) is 5.10. The molecule has 0 N–H and O–H groups in total. The first kappa shape index (κ1) is 18.9. The molecule has 0 bridgehead atoms. The van der Waals surface area contributed by atoms with E-state index in [0.29, 0.717) is 0 Å². The van der Waals surface area contributed by atoms with Gasteiger partial charge in [-0.3, -0.25) is 4.79 Å². The van der Waals surface area contributed by atoms with Crippen LogP contribution in [-0.4, -0.2) is 12.1 Å². The molecule has 138 valence electrons. The van der Waals surface area contributed by atoms with Gasteiger partial charge in [0.15, 0.2) is 0 Å². The first-order valence-corrected chi connectivity index (χ1v) is 9.47. The summed E-state index contributed by atoms with van der Waals surface area (Å²) in [5.74, 6) is -0.208. The summed E-state index contributed by atoms with van der Waals surface area (Å²) in [6, 6.07) is 30.0. The fourth-order valence-electron chi connectivity index (χ4n) is 3.32. The van der Waals surface area contributed by atoms with Crippen LogP contribution in [0, 0.1) is 0 Å². The highest BCUT2D eigenvalue weighted by atomic mass is 16.5. The number of ether oxygens (including phenoxy) is 1. The average Bonchev–Trinajstić information content (AvgIpc) is 2.73. The summed E-state index contributed by atoms with van der Waals surface area (Å²) in [6.07, 6.45) is 1.54. The van der Waals surface area contributed by atoms with E-state index < -0.39 is 5.41 Å². The van der Waals surface area contributed by atoms with E-state index in [0.717, 1.165) is 24.0 Å². The minimum absolute atomic E-state index is 0.149. The number of carbonyl (C=O) groups is 1. The van der Waals surface area contributed by atoms with E-state index in [1.807, 2.05) is 92.7 Å². The van der Waals surface area contributed by atoms with Crippen LogP contribution in [0.15, 0.2) is 91.0 Å². The molecule has 0 radical (unpaired) electrons. The van der Waals surface area contributed by atoms with E-state index in [1.54, 1.807) is 0 Å². The van der Waals surface area contributed by atoms with Gasteiger partial charge in [-0.1, -0.05) is 91.0 Å². The molecule has 1 unspecified atom stereocenters. The summed E-state index contributed by atoms with van der Waals surface area (Å²) in [4.78, 5) is 13.3. The zero-order valence-corrected chi connectivity index (χ0v) is 16.0. The van der Waals surface area contributed by atoms with Crippen LogP contribution in [0.5, 0.6) is 0 Å². The molecule has 3 aromatic rings. The number of hydrogen-bond donors (Lipinski definition) is 0. The van der Waals surface area contributed by atoms with Crippen LogP contribution in [0.25, 0.3) is 0 Å². The predicted octanol–water partition coefficient (Wildman–Crippen LogP) is 5.56. The Morgan fingerprint density at radius 3 is 1.74 bits per heavy atom. The Morgan fingerprint density at radius 2 is 1.26 bits per heavy atom. The van der Waals surface area contributed by atoms with Crippen molar-refractivity contribution in [2.24, 2.45) is 0 Å².